The van der Waals surface area contributed by atoms with Gasteiger partial charge in [0.2, 0.25) is 18.6 Å². The van der Waals surface area contributed by atoms with Crippen molar-refractivity contribution in [2.24, 2.45) is 0 Å². The van der Waals surface area contributed by atoms with E-state index in [0.717, 1.165) is 5.56 Å². The average molecular weight is 562 g/mol. The van der Waals surface area contributed by atoms with Crippen LogP contribution in [-0.2, 0) is 33.8 Å². The Labute approximate surface area is 235 Å². The molecule has 1 aliphatic heterocycles. The number of halogens is 1. The fourth-order valence-electron chi connectivity index (χ4n) is 5.02. The second kappa shape index (κ2) is 11.3. The zero-order valence-corrected chi connectivity index (χ0v) is 22.8. The van der Waals surface area contributed by atoms with Gasteiger partial charge in [0.1, 0.15) is 12.6 Å². The molecule has 3 aromatic carbocycles. The van der Waals surface area contributed by atoms with E-state index < -0.39 is 17.9 Å². The Morgan fingerprint density at radius 3 is 2.55 bits per heavy atom. The molecule has 4 aromatic rings. The molecule has 5 rings (SSSR count). The fourth-order valence-corrected chi connectivity index (χ4v) is 5.30. The molecule has 0 saturated heterocycles. The Bertz CT molecular complexity index is 1600. The number of benzene rings is 3. The Morgan fingerprint density at radius 2 is 1.80 bits per heavy atom. The lowest BCUT2D eigenvalue weighted by atomic mass is 10.0. The first-order chi connectivity index (χ1) is 19.2. The number of aliphatic carboxylic acids is 1. The van der Waals surface area contributed by atoms with Crippen LogP contribution in [0.3, 0.4) is 0 Å². The van der Waals surface area contributed by atoms with Gasteiger partial charge in [-0.05, 0) is 42.3 Å². The number of nitrogens with one attached hydrogen (secondary N) is 1. The van der Waals surface area contributed by atoms with E-state index in [9.17, 15) is 19.5 Å². The summed E-state index contributed by atoms with van der Waals surface area (Å²) in [6.45, 7) is 1.77. The van der Waals surface area contributed by atoms with E-state index in [1.54, 1.807) is 54.9 Å². The van der Waals surface area contributed by atoms with Crippen LogP contribution in [0.5, 0.6) is 11.5 Å². The zero-order chi connectivity index (χ0) is 28.4. The van der Waals surface area contributed by atoms with Crippen molar-refractivity contribution in [1.82, 2.24) is 9.88 Å². The first-order valence-corrected chi connectivity index (χ1v) is 13.1. The van der Waals surface area contributed by atoms with Crippen molar-refractivity contribution >= 4 is 46.0 Å². The van der Waals surface area contributed by atoms with Crippen molar-refractivity contribution in [3.63, 3.8) is 0 Å². The SMILES string of the molecule is Cc1c(CC(=O)O)c2c(Cl)cccc2n1CC(=O)NC(Cc1ccccc1)C(=O)N(C)c1ccc2c(c1)OCO2. The summed E-state index contributed by atoms with van der Waals surface area (Å²) in [5.41, 5.74) is 3.32. The monoisotopic (exact) mass is 561 g/mol. The summed E-state index contributed by atoms with van der Waals surface area (Å²) in [6.07, 6.45) is 0.0535. The Balaban J connectivity index is 1.42. The molecular formula is C30H28ClN3O6. The smallest absolute Gasteiger partial charge is 0.307 e. The summed E-state index contributed by atoms with van der Waals surface area (Å²) in [5.74, 6) is -0.538. The third-order valence-electron chi connectivity index (χ3n) is 7.05. The van der Waals surface area contributed by atoms with E-state index >= 15 is 0 Å². The fraction of sp³-hybridized carbons (Fsp3) is 0.233. The summed E-state index contributed by atoms with van der Waals surface area (Å²) in [7, 11) is 1.65. The lowest BCUT2D eigenvalue weighted by Gasteiger charge is -2.25. The number of amides is 2. The number of aromatic nitrogens is 1. The second-order valence-electron chi connectivity index (χ2n) is 9.60. The van der Waals surface area contributed by atoms with Gasteiger partial charge in [-0.1, -0.05) is 48.0 Å². The number of carbonyl (C=O) groups excluding carboxylic acids is 2. The normalized spacial score (nSPS) is 12.8. The summed E-state index contributed by atoms with van der Waals surface area (Å²) in [5, 5.41) is 13.4. The van der Waals surface area contributed by atoms with Crippen LogP contribution in [-0.4, -0.2) is 47.3 Å². The molecule has 2 amide bonds. The summed E-state index contributed by atoms with van der Waals surface area (Å²) in [6, 6.07) is 19.1. The molecule has 0 bridgehead atoms. The number of carboxylic acids is 1. The molecule has 0 fully saturated rings. The minimum absolute atomic E-state index is 0.116. The van der Waals surface area contributed by atoms with Crippen LogP contribution in [0.1, 0.15) is 16.8 Å². The molecule has 0 radical (unpaired) electrons. The van der Waals surface area contributed by atoms with E-state index in [0.29, 0.717) is 44.4 Å². The van der Waals surface area contributed by atoms with Gasteiger partial charge in [-0.3, -0.25) is 14.4 Å². The Hall–Kier alpha value is -4.50. The van der Waals surface area contributed by atoms with E-state index in [2.05, 4.69) is 5.32 Å². The predicted molar refractivity (Wildman–Crippen MR) is 151 cm³/mol. The molecule has 206 valence electrons. The van der Waals surface area contributed by atoms with Gasteiger partial charge in [0.25, 0.3) is 0 Å². The number of carbonyl (C=O) groups is 3. The van der Waals surface area contributed by atoms with Crippen LogP contribution in [0.15, 0.2) is 66.7 Å². The maximum absolute atomic E-state index is 13.7. The predicted octanol–water partition coefficient (Wildman–Crippen LogP) is 4.35. The average Bonchev–Trinajstić information content (AvgIpc) is 3.51. The van der Waals surface area contributed by atoms with Crippen LogP contribution in [0.25, 0.3) is 10.9 Å². The van der Waals surface area contributed by atoms with Crippen LogP contribution in [0.4, 0.5) is 5.69 Å². The van der Waals surface area contributed by atoms with Crippen LogP contribution < -0.4 is 19.7 Å². The van der Waals surface area contributed by atoms with Gasteiger partial charge in [-0.15, -0.1) is 0 Å². The molecule has 2 N–H and O–H groups in total. The maximum Gasteiger partial charge on any atom is 0.307 e. The molecule has 1 atom stereocenters. The number of hydrogen-bond acceptors (Lipinski definition) is 5. The molecule has 0 saturated carbocycles. The van der Waals surface area contributed by atoms with Crippen LogP contribution in [0, 0.1) is 6.92 Å². The van der Waals surface area contributed by atoms with Gasteiger partial charge in [0, 0.05) is 36.3 Å². The molecule has 10 heteroatoms. The van der Waals surface area contributed by atoms with Gasteiger partial charge in [-0.25, -0.2) is 0 Å². The van der Waals surface area contributed by atoms with E-state index in [1.807, 2.05) is 30.3 Å². The molecule has 1 unspecified atom stereocenters. The molecule has 40 heavy (non-hydrogen) atoms. The summed E-state index contributed by atoms with van der Waals surface area (Å²) < 4.78 is 12.6. The molecule has 0 aliphatic carbocycles. The van der Waals surface area contributed by atoms with Gasteiger partial charge in [-0.2, -0.15) is 0 Å². The van der Waals surface area contributed by atoms with Crippen LogP contribution >= 0.6 is 11.6 Å². The molecule has 1 aliphatic rings. The third kappa shape index (κ3) is 5.46. The molecular weight excluding hydrogens is 534 g/mol. The van der Waals surface area contributed by atoms with Crippen molar-refractivity contribution in [2.45, 2.75) is 32.4 Å². The second-order valence-corrected chi connectivity index (χ2v) is 10.0. The highest BCUT2D eigenvalue weighted by molar-refractivity contribution is 6.35. The highest BCUT2D eigenvalue weighted by Gasteiger charge is 2.27. The molecule has 2 heterocycles. The van der Waals surface area contributed by atoms with Crippen molar-refractivity contribution in [2.75, 3.05) is 18.7 Å². The third-order valence-corrected chi connectivity index (χ3v) is 7.36. The van der Waals surface area contributed by atoms with Gasteiger partial charge >= 0.3 is 5.97 Å². The molecule has 9 nitrogen and oxygen atoms in total. The zero-order valence-electron chi connectivity index (χ0n) is 22.0. The largest absolute Gasteiger partial charge is 0.481 e. The number of carboxylic acid groups (broad SMARTS) is 1. The van der Waals surface area contributed by atoms with E-state index in [4.69, 9.17) is 21.1 Å². The van der Waals surface area contributed by atoms with Gasteiger partial charge < -0.3 is 29.4 Å². The van der Waals surface area contributed by atoms with E-state index in [-0.39, 0.29) is 32.1 Å². The molecule has 1 aromatic heterocycles. The summed E-state index contributed by atoms with van der Waals surface area (Å²) >= 11 is 6.44. The number of nitrogens with zero attached hydrogens (tertiary/aromatic N) is 2. The van der Waals surface area contributed by atoms with Crippen LogP contribution in [0.2, 0.25) is 5.02 Å². The van der Waals surface area contributed by atoms with Crippen molar-refractivity contribution < 1.29 is 29.0 Å². The van der Waals surface area contributed by atoms with E-state index in [1.165, 1.54) is 4.90 Å². The minimum Gasteiger partial charge on any atom is -0.481 e. The highest BCUT2D eigenvalue weighted by Crippen LogP contribution is 2.35. The number of fused-ring (bicyclic) bond motifs is 2. The number of ether oxygens (including phenoxy) is 2. The number of rotatable bonds is 9. The Kier molecular flexibility index (Phi) is 7.66. The molecule has 0 spiro atoms. The van der Waals surface area contributed by atoms with Crippen molar-refractivity contribution in [3.8, 4) is 11.5 Å². The highest BCUT2D eigenvalue weighted by atomic mass is 35.5. The summed E-state index contributed by atoms with van der Waals surface area (Å²) in [4.78, 5) is 40.2. The quantitative estimate of drug-likeness (QED) is 0.314. The first-order valence-electron chi connectivity index (χ1n) is 12.7. The van der Waals surface area contributed by atoms with Crippen molar-refractivity contribution in [3.05, 3.63) is 88.6 Å². The number of likely N-dealkylation sites (N-methyl/N-ethyl adjacent to an activating group) is 1. The van der Waals surface area contributed by atoms with Gasteiger partial charge in [0.15, 0.2) is 11.5 Å². The first kappa shape index (κ1) is 27.1. The topological polar surface area (TPSA) is 110 Å². The lowest BCUT2D eigenvalue weighted by molar-refractivity contribution is -0.136. The lowest BCUT2D eigenvalue weighted by Crippen LogP contribution is -2.49. The van der Waals surface area contributed by atoms with Gasteiger partial charge in [0.05, 0.1) is 17.0 Å². The number of anilines is 1. The number of hydrogen-bond donors (Lipinski definition) is 2. The maximum atomic E-state index is 13.7. The Morgan fingerprint density at radius 1 is 1.05 bits per heavy atom. The minimum atomic E-state index is -0.994. The standard InChI is InChI=1S/C30H28ClN3O6/c1-18-21(15-28(36)37)29-22(31)9-6-10-24(29)34(18)16-27(35)32-23(13-19-7-4-3-5-8-19)30(38)33(2)20-11-12-25-26(14-20)40-17-39-25/h3-12,14,23H,13,15-17H2,1-2H3,(H,32,35)(H,36,37). The van der Waals surface area contributed by atoms with Crippen molar-refractivity contribution in [1.29, 1.82) is 0 Å².